The highest BCUT2D eigenvalue weighted by atomic mass is 32.2. The van der Waals surface area contributed by atoms with Crippen LogP contribution >= 0.6 is 11.3 Å². The van der Waals surface area contributed by atoms with Crippen molar-refractivity contribution in [3.05, 3.63) is 52.9 Å². The smallest absolute Gasteiger partial charge is 0.243 e. The zero-order chi connectivity index (χ0) is 18.6. The highest BCUT2D eigenvalue weighted by Gasteiger charge is 2.26. The minimum atomic E-state index is -3.67. The predicted molar refractivity (Wildman–Crippen MR) is 107 cm³/mol. The van der Waals surface area contributed by atoms with E-state index in [9.17, 15) is 8.42 Å². The summed E-state index contributed by atoms with van der Waals surface area (Å²) in [6.07, 6.45) is 2.82. The number of sulfonamides is 1. The summed E-state index contributed by atoms with van der Waals surface area (Å²) < 4.78 is 28.2. The van der Waals surface area contributed by atoms with E-state index in [1.165, 1.54) is 10.5 Å². The third-order valence-electron chi connectivity index (χ3n) is 4.21. The van der Waals surface area contributed by atoms with Crippen LogP contribution in [0, 0.1) is 0 Å². The van der Waals surface area contributed by atoms with Gasteiger partial charge in [0, 0.05) is 34.9 Å². The number of hydrogen-bond donors (Lipinski definition) is 2. The first-order valence-electron chi connectivity index (χ1n) is 8.40. The maximum absolute atomic E-state index is 13.4. The molecule has 3 rings (SSSR count). The van der Waals surface area contributed by atoms with Crippen LogP contribution in [0.2, 0.25) is 0 Å². The fraction of sp³-hybridized carbons (Fsp3) is 0.278. The largest absolute Gasteiger partial charge is 0.383 e. The Bertz CT molecular complexity index is 972. The summed E-state index contributed by atoms with van der Waals surface area (Å²) in [5.74, 6) is 0.326. The van der Waals surface area contributed by atoms with Gasteiger partial charge in [-0.2, -0.15) is 4.31 Å². The highest BCUT2D eigenvalue weighted by molar-refractivity contribution is 7.89. The van der Waals surface area contributed by atoms with E-state index < -0.39 is 10.0 Å². The molecule has 8 heteroatoms. The van der Waals surface area contributed by atoms with Crippen LogP contribution in [0.25, 0.3) is 10.8 Å². The summed E-state index contributed by atoms with van der Waals surface area (Å²) in [7, 11) is -3.67. The number of fused-ring (bicyclic) bond motifs is 1. The molecule has 0 atom stereocenters. The Hall–Kier alpha value is -2.00. The van der Waals surface area contributed by atoms with Gasteiger partial charge in [-0.3, -0.25) is 0 Å². The number of hydrogen-bond acceptors (Lipinski definition) is 6. The molecule has 0 radical (unpaired) electrons. The monoisotopic (exact) mass is 390 g/mol. The van der Waals surface area contributed by atoms with Gasteiger partial charge in [-0.1, -0.05) is 18.2 Å². The summed E-state index contributed by atoms with van der Waals surface area (Å²) in [6, 6.07) is 10.8. The van der Waals surface area contributed by atoms with E-state index in [2.05, 4.69) is 4.98 Å². The third-order valence-corrected chi connectivity index (χ3v) is 7.11. The van der Waals surface area contributed by atoms with Crippen molar-refractivity contribution in [3.8, 4) is 0 Å². The molecule has 2 heterocycles. The molecule has 0 amide bonds. The number of aromatic nitrogens is 1. The number of nitrogen functional groups attached to an aromatic ring is 1. The van der Waals surface area contributed by atoms with E-state index in [1.54, 1.807) is 35.6 Å². The molecule has 0 saturated heterocycles. The Kier molecular flexibility index (Phi) is 5.87. The first-order chi connectivity index (χ1) is 12.5. The number of anilines is 1. The van der Waals surface area contributed by atoms with Gasteiger partial charge in [0.05, 0.1) is 4.90 Å². The van der Waals surface area contributed by atoms with Gasteiger partial charge in [-0.15, -0.1) is 11.3 Å². The van der Waals surface area contributed by atoms with Gasteiger partial charge < -0.3 is 11.5 Å². The van der Waals surface area contributed by atoms with Crippen molar-refractivity contribution in [2.45, 2.75) is 17.7 Å². The van der Waals surface area contributed by atoms with E-state index in [-0.39, 0.29) is 4.90 Å². The van der Waals surface area contributed by atoms with Crippen molar-refractivity contribution in [1.29, 1.82) is 0 Å². The molecule has 138 valence electrons. The minimum absolute atomic E-state index is 0.257. The van der Waals surface area contributed by atoms with Crippen LogP contribution in [-0.4, -0.2) is 37.3 Å². The average Bonchev–Trinajstić information content (AvgIpc) is 3.15. The third kappa shape index (κ3) is 3.88. The van der Waals surface area contributed by atoms with Gasteiger partial charge in [0.2, 0.25) is 10.0 Å². The van der Waals surface area contributed by atoms with Gasteiger partial charge in [0.1, 0.15) is 5.82 Å². The molecule has 0 aliphatic carbocycles. The van der Waals surface area contributed by atoms with E-state index in [1.807, 2.05) is 17.5 Å². The zero-order valence-corrected chi connectivity index (χ0v) is 16.0. The van der Waals surface area contributed by atoms with E-state index in [0.717, 1.165) is 4.88 Å². The van der Waals surface area contributed by atoms with Crippen LogP contribution in [0.4, 0.5) is 5.82 Å². The van der Waals surface area contributed by atoms with Crippen molar-refractivity contribution in [2.24, 2.45) is 5.73 Å². The second kappa shape index (κ2) is 8.13. The molecule has 0 unspecified atom stereocenters. The molecule has 0 aliphatic heterocycles. The lowest BCUT2D eigenvalue weighted by molar-refractivity contribution is 0.411. The molecular weight excluding hydrogens is 368 g/mol. The van der Waals surface area contributed by atoms with Crippen molar-refractivity contribution < 1.29 is 8.42 Å². The molecule has 0 fully saturated rings. The summed E-state index contributed by atoms with van der Waals surface area (Å²) in [5.41, 5.74) is 11.5. The van der Waals surface area contributed by atoms with Crippen molar-refractivity contribution in [2.75, 3.05) is 25.4 Å². The standard InChI is InChI=1S/C18H22N4O2S2/c19-9-3-11-22(12-8-14-4-2-13-25-14)26(23,24)17-6-1-5-16-15(17)7-10-21-18(16)20/h1-2,4-7,10,13H,3,8-9,11-12,19H2,(H2,20,21). The summed E-state index contributed by atoms with van der Waals surface area (Å²) in [4.78, 5) is 5.46. The second-order valence-corrected chi connectivity index (χ2v) is 8.86. The molecule has 1 aromatic carbocycles. The maximum atomic E-state index is 13.4. The van der Waals surface area contributed by atoms with Gasteiger partial charge in [0.25, 0.3) is 0 Å². The Morgan fingerprint density at radius 1 is 1.08 bits per heavy atom. The van der Waals surface area contributed by atoms with Gasteiger partial charge >= 0.3 is 0 Å². The lowest BCUT2D eigenvalue weighted by Gasteiger charge is -2.23. The van der Waals surface area contributed by atoms with E-state index in [0.29, 0.717) is 49.1 Å². The summed E-state index contributed by atoms with van der Waals surface area (Å²) in [5, 5.41) is 3.23. The summed E-state index contributed by atoms with van der Waals surface area (Å²) in [6.45, 7) is 1.25. The predicted octanol–water partition coefficient (Wildman–Crippen LogP) is 2.46. The Morgan fingerprint density at radius 2 is 1.92 bits per heavy atom. The second-order valence-electron chi connectivity index (χ2n) is 5.92. The molecule has 4 N–H and O–H groups in total. The molecule has 0 saturated carbocycles. The van der Waals surface area contributed by atoms with Crippen LogP contribution in [0.1, 0.15) is 11.3 Å². The molecule has 2 aromatic heterocycles. The fourth-order valence-corrected chi connectivity index (χ4v) is 5.26. The first-order valence-corrected chi connectivity index (χ1v) is 10.7. The zero-order valence-electron chi connectivity index (χ0n) is 14.3. The summed E-state index contributed by atoms with van der Waals surface area (Å²) >= 11 is 1.63. The van der Waals surface area contributed by atoms with Crippen LogP contribution in [0.5, 0.6) is 0 Å². The fourth-order valence-electron chi connectivity index (χ4n) is 2.87. The Balaban J connectivity index is 1.97. The molecule has 0 bridgehead atoms. The van der Waals surface area contributed by atoms with Crippen molar-refractivity contribution >= 4 is 38.0 Å². The lowest BCUT2D eigenvalue weighted by atomic mass is 10.1. The quantitative estimate of drug-likeness (QED) is 0.615. The van der Waals surface area contributed by atoms with Gasteiger partial charge in [0.15, 0.2) is 0 Å². The van der Waals surface area contributed by atoms with Crippen LogP contribution in [0.15, 0.2) is 52.9 Å². The average molecular weight is 391 g/mol. The number of nitrogens with zero attached hydrogens (tertiary/aromatic N) is 2. The molecule has 6 nitrogen and oxygen atoms in total. The van der Waals surface area contributed by atoms with E-state index >= 15 is 0 Å². The molecular formula is C18H22N4O2S2. The van der Waals surface area contributed by atoms with Crippen LogP contribution < -0.4 is 11.5 Å². The highest BCUT2D eigenvalue weighted by Crippen LogP contribution is 2.28. The number of nitrogens with two attached hydrogens (primary N) is 2. The molecule has 3 aromatic rings. The normalized spacial score (nSPS) is 12.1. The number of thiophene rings is 1. The van der Waals surface area contributed by atoms with Crippen molar-refractivity contribution in [1.82, 2.24) is 9.29 Å². The number of benzene rings is 1. The van der Waals surface area contributed by atoms with Gasteiger partial charge in [-0.05, 0) is 43.0 Å². The topological polar surface area (TPSA) is 102 Å². The lowest BCUT2D eigenvalue weighted by Crippen LogP contribution is -2.34. The van der Waals surface area contributed by atoms with Crippen LogP contribution in [0.3, 0.4) is 0 Å². The SMILES string of the molecule is NCCCN(CCc1cccs1)S(=O)(=O)c1cccc2c(N)nccc12. The number of rotatable bonds is 8. The molecule has 26 heavy (non-hydrogen) atoms. The van der Waals surface area contributed by atoms with Gasteiger partial charge in [-0.25, -0.2) is 13.4 Å². The van der Waals surface area contributed by atoms with E-state index in [4.69, 9.17) is 11.5 Å². The van der Waals surface area contributed by atoms with Crippen molar-refractivity contribution in [3.63, 3.8) is 0 Å². The number of pyridine rings is 1. The molecule has 0 spiro atoms. The Labute approximate surface area is 157 Å². The minimum Gasteiger partial charge on any atom is -0.383 e. The first kappa shape index (κ1) is 18.8. The molecule has 0 aliphatic rings. The van der Waals surface area contributed by atoms with Crippen LogP contribution in [-0.2, 0) is 16.4 Å². The maximum Gasteiger partial charge on any atom is 0.243 e. The Morgan fingerprint density at radius 3 is 2.65 bits per heavy atom.